The number of likely N-dealkylation sites (tertiary alicyclic amines) is 1. The number of sulfone groups is 1. The van der Waals surface area contributed by atoms with Crippen LogP contribution in [0.15, 0.2) is 36.5 Å². The van der Waals surface area contributed by atoms with Gasteiger partial charge in [-0.3, -0.25) is 0 Å². The fraction of sp³-hybridized carbons (Fsp3) is 0.448. The Bertz CT molecular complexity index is 1510. The number of hydrogen-bond donors (Lipinski definition) is 1. The van der Waals surface area contributed by atoms with E-state index in [1.807, 2.05) is 30.9 Å². The molecule has 0 radical (unpaired) electrons. The maximum absolute atomic E-state index is 15.0. The van der Waals surface area contributed by atoms with Crippen molar-refractivity contribution in [2.45, 2.75) is 44.4 Å². The van der Waals surface area contributed by atoms with E-state index in [0.717, 1.165) is 43.3 Å². The molecule has 0 saturated carbocycles. The number of piperidine rings is 1. The van der Waals surface area contributed by atoms with Crippen LogP contribution in [0.1, 0.15) is 43.7 Å². The van der Waals surface area contributed by atoms with Gasteiger partial charge in [-0.05, 0) is 88.1 Å². The van der Waals surface area contributed by atoms with E-state index in [-0.39, 0.29) is 40.7 Å². The van der Waals surface area contributed by atoms with Gasteiger partial charge in [-0.2, -0.15) is 0 Å². The number of aromatic nitrogens is 2. The fourth-order valence-electron chi connectivity index (χ4n) is 5.54. The van der Waals surface area contributed by atoms with Gasteiger partial charge in [-0.25, -0.2) is 27.2 Å². The second-order valence-electron chi connectivity index (χ2n) is 11.0. The molecule has 1 fully saturated rings. The van der Waals surface area contributed by atoms with Crippen LogP contribution in [0.2, 0.25) is 0 Å². The van der Waals surface area contributed by atoms with Crippen LogP contribution in [0.25, 0.3) is 11.3 Å². The zero-order valence-corrected chi connectivity index (χ0v) is 24.1. The van der Waals surface area contributed by atoms with Gasteiger partial charge in [0.15, 0.2) is 27.2 Å². The Labute approximate surface area is 234 Å². The molecule has 3 aromatic rings. The minimum atomic E-state index is -3.28. The summed E-state index contributed by atoms with van der Waals surface area (Å²) in [5.41, 5.74) is 3.13. The summed E-state index contributed by atoms with van der Waals surface area (Å²) in [7, 11) is -1.19. The van der Waals surface area contributed by atoms with Crippen LogP contribution in [0.3, 0.4) is 0 Å². The molecule has 0 spiro atoms. The van der Waals surface area contributed by atoms with Crippen molar-refractivity contribution >= 4 is 27.2 Å². The summed E-state index contributed by atoms with van der Waals surface area (Å²) in [4.78, 5) is 12.7. The third-order valence-corrected chi connectivity index (χ3v) is 8.36. The molecule has 214 valence electrons. The van der Waals surface area contributed by atoms with Crippen molar-refractivity contribution in [3.63, 3.8) is 0 Å². The molecule has 8 nitrogen and oxygen atoms in total. The molecule has 5 rings (SSSR count). The van der Waals surface area contributed by atoms with Crippen LogP contribution >= 0.6 is 0 Å². The lowest BCUT2D eigenvalue weighted by molar-refractivity contribution is 0.255. The smallest absolute Gasteiger partial charge is 0.227 e. The Hall–Kier alpha value is -3.31. The van der Waals surface area contributed by atoms with Gasteiger partial charge >= 0.3 is 0 Å². The highest BCUT2D eigenvalue weighted by atomic mass is 32.2. The Kier molecular flexibility index (Phi) is 7.96. The number of anilines is 3. The molecule has 0 bridgehead atoms. The van der Waals surface area contributed by atoms with Gasteiger partial charge in [0, 0.05) is 23.5 Å². The Morgan fingerprint density at radius 1 is 1.10 bits per heavy atom. The number of fused-ring (bicyclic) bond motifs is 1. The Balaban J connectivity index is 1.47. The molecule has 0 atom stereocenters. The molecular formula is C29H35F2N5O3S. The Morgan fingerprint density at radius 3 is 2.55 bits per heavy atom. The first-order valence-electron chi connectivity index (χ1n) is 13.5. The number of halogens is 2. The van der Waals surface area contributed by atoms with Crippen molar-refractivity contribution in [1.82, 2.24) is 14.9 Å². The van der Waals surface area contributed by atoms with Gasteiger partial charge < -0.3 is 19.9 Å². The van der Waals surface area contributed by atoms with E-state index < -0.39 is 21.5 Å². The first kappa shape index (κ1) is 28.2. The quantitative estimate of drug-likeness (QED) is 0.418. The molecule has 40 heavy (non-hydrogen) atoms. The van der Waals surface area contributed by atoms with Crippen molar-refractivity contribution in [3.8, 4) is 17.0 Å². The van der Waals surface area contributed by atoms with Crippen LogP contribution in [-0.4, -0.2) is 68.9 Å². The average molecular weight is 572 g/mol. The molecule has 2 aliphatic heterocycles. The van der Waals surface area contributed by atoms with Crippen molar-refractivity contribution in [1.29, 1.82) is 0 Å². The average Bonchev–Trinajstić information content (AvgIpc) is 2.89. The predicted octanol–water partition coefficient (Wildman–Crippen LogP) is 5.13. The summed E-state index contributed by atoms with van der Waals surface area (Å²) >= 11 is 0. The fourth-order valence-corrected chi connectivity index (χ4v) is 6.36. The molecule has 3 heterocycles. The minimum Gasteiger partial charge on any atom is -0.486 e. The van der Waals surface area contributed by atoms with E-state index in [2.05, 4.69) is 27.2 Å². The van der Waals surface area contributed by atoms with Crippen molar-refractivity contribution < 1.29 is 21.9 Å². The van der Waals surface area contributed by atoms with E-state index in [1.165, 1.54) is 12.3 Å². The normalized spacial score (nSPS) is 16.6. The van der Waals surface area contributed by atoms with Gasteiger partial charge in [0.2, 0.25) is 5.95 Å². The number of hydrogen-bond acceptors (Lipinski definition) is 8. The zero-order chi connectivity index (χ0) is 28.6. The lowest BCUT2D eigenvalue weighted by Crippen LogP contribution is -2.38. The lowest BCUT2D eigenvalue weighted by Gasteiger charge is -2.34. The Morgan fingerprint density at radius 2 is 1.85 bits per heavy atom. The number of ether oxygens (including phenoxy) is 1. The van der Waals surface area contributed by atoms with Crippen LogP contribution in [0.4, 0.5) is 26.1 Å². The summed E-state index contributed by atoms with van der Waals surface area (Å²) in [5, 5.41) is 3.09. The summed E-state index contributed by atoms with van der Waals surface area (Å²) in [5.74, 6) is -0.802. The van der Waals surface area contributed by atoms with E-state index >= 15 is 4.39 Å². The molecule has 0 aliphatic carbocycles. The van der Waals surface area contributed by atoms with Gasteiger partial charge in [-0.15, -0.1) is 0 Å². The summed E-state index contributed by atoms with van der Waals surface area (Å²) in [6.45, 7) is 6.89. The van der Waals surface area contributed by atoms with Crippen LogP contribution < -0.4 is 15.0 Å². The first-order valence-corrected chi connectivity index (χ1v) is 15.6. The molecule has 1 aromatic heterocycles. The predicted molar refractivity (Wildman–Crippen MR) is 153 cm³/mol. The molecule has 0 amide bonds. The van der Waals surface area contributed by atoms with Crippen molar-refractivity contribution in [2.24, 2.45) is 0 Å². The number of rotatable bonds is 7. The largest absolute Gasteiger partial charge is 0.486 e. The standard InChI is InChI=1S/C29H35F2N5O3S/c1-18(2)36-11-12-39-28-24(30)14-20(15-26(28)36)27-25(31)16-32-29(34-27)33-22-5-6-23(19-7-9-35(3)10-8-19)21(13-22)17-40(4,37)38/h5-6,13-16,18-19H,7-12,17H2,1-4H3,(H,32,33,34). The van der Waals surface area contributed by atoms with E-state index in [0.29, 0.717) is 24.5 Å². The highest BCUT2D eigenvalue weighted by Crippen LogP contribution is 2.39. The second-order valence-corrected chi connectivity index (χ2v) is 13.2. The van der Waals surface area contributed by atoms with Gasteiger partial charge in [-0.1, -0.05) is 6.07 Å². The molecule has 1 N–H and O–H groups in total. The minimum absolute atomic E-state index is 0.0483. The maximum atomic E-state index is 15.0. The molecule has 2 aliphatic rings. The summed E-state index contributed by atoms with van der Waals surface area (Å²) < 4.78 is 60.1. The SMILES string of the molecule is CC(C)N1CCOc2c(F)cc(-c3nc(Nc4ccc(C5CCN(C)CC5)c(CS(C)(=O)=O)c4)ncc3F)cc21. The maximum Gasteiger partial charge on any atom is 0.227 e. The van der Waals surface area contributed by atoms with E-state index in [1.54, 1.807) is 12.1 Å². The number of nitrogens with one attached hydrogen (secondary N) is 1. The highest BCUT2D eigenvalue weighted by Gasteiger charge is 2.26. The lowest BCUT2D eigenvalue weighted by atomic mass is 9.87. The van der Waals surface area contributed by atoms with Gasteiger partial charge in [0.1, 0.15) is 12.3 Å². The molecule has 1 saturated heterocycles. The van der Waals surface area contributed by atoms with Crippen molar-refractivity contribution in [2.75, 3.05) is 49.8 Å². The third kappa shape index (κ3) is 6.20. The van der Waals surface area contributed by atoms with Crippen molar-refractivity contribution in [3.05, 3.63) is 59.3 Å². The molecule has 11 heteroatoms. The summed E-state index contributed by atoms with van der Waals surface area (Å²) in [6.07, 6.45) is 4.19. The molecule has 0 unspecified atom stereocenters. The monoisotopic (exact) mass is 571 g/mol. The summed E-state index contributed by atoms with van der Waals surface area (Å²) in [6, 6.07) is 8.64. The molecular weight excluding hydrogens is 536 g/mol. The highest BCUT2D eigenvalue weighted by molar-refractivity contribution is 7.89. The topological polar surface area (TPSA) is 87.7 Å². The van der Waals surface area contributed by atoms with E-state index in [9.17, 15) is 12.8 Å². The van der Waals surface area contributed by atoms with Gasteiger partial charge in [0.25, 0.3) is 0 Å². The van der Waals surface area contributed by atoms with Gasteiger partial charge in [0.05, 0.1) is 24.2 Å². The second kappa shape index (κ2) is 11.3. The zero-order valence-electron chi connectivity index (χ0n) is 23.2. The number of benzene rings is 2. The van der Waals surface area contributed by atoms with Crippen LogP contribution in [0.5, 0.6) is 5.75 Å². The van der Waals surface area contributed by atoms with Crippen LogP contribution in [-0.2, 0) is 15.6 Å². The molecule has 2 aromatic carbocycles. The van der Waals surface area contributed by atoms with Crippen LogP contribution in [0, 0.1) is 11.6 Å². The van der Waals surface area contributed by atoms with E-state index in [4.69, 9.17) is 4.74 Å². The third-order valence-electron chi connectivity index (χ3n) is 7.53. The number of nitrogens with zero attached hydrogens (tertiary/aromatic N) is 4. The first-order chi connectivity index (χ1) is 19.0.